The van der Waals surface area contributed by atoms with Crippen molar-refractivity contribution in [1.29, 1.82) is 0 Å². The van der Waals surface area contributed by atoms with Crippen LogP contribution in [0, 0.1) is 0 Å². The van der Waals surface area contributed by atoms with Gasteiger partial charge in [-0.3, -0.25) is 9.59 Å². The first-order valence-electron chi connectivity index (χ1n) is 6.66. The average Bonchev–Trinajstić information content (AvgIpc) is 2.83. The van der Waals surface area contributed by atoms with E-state index >= 15 is 0 Å². The number of nitrogens with zero attached hydrogens (tertiary/aromatic N) is 1. The number of carbonyl (C=O) groups is 2. The number of aliphatic imine (C=N–C) groups is 1. The van der Waals surface area contributed by atoms with Crippen molar-refractivity contribution < 1.29 is 19.1 Å². The van der Waals surface area contributed by atoms with Gasteiger partial charge in [-0.15, -0.1) is 11.8 Å². The van der Waals surface area contributed by atoms with E-state index in [0.29, 0.717) is 28.0 Å². The lowest BCUT2D eigenvalue weighted by atomic mass is 10.1. The van der Waals surface area contributed by atoms with Crippen molar-refractivity contribution in [3.05, 3.63) is 28.4 Å². The lowest BCUT2D eigenvalue weighted by molar-refractivity contribution is -0.132. The number of benzene rings is 1. The molecule has 0 saturated heterocycles. The molecule has 0 amide bonds. The standard InChI is InChI=1S/C15H14ClNO4S2/c1-4-20-12-7-9(5-10(16)13(12)21-8(2)18)6-11-14(19)23-15(17-11)22-3/h5-7H,4H2,1-3H3. The normalized spacial score (nSPS) is 15.7. The molecule has 0 aromatic heterocycles. The summed E-state index contributed by atoms with van der Waals surface area (Å²) in [6.07, 6.45) is 3.49. The van der Waals surface area contributed by atoms with Crippen LogP contribution in [0.4, 0.5) is 0 Å². The number of hydrogen-bond acceptors (Lipinski definition) is 7. The highest BCUT2D eigenvalue weighted by Crippen LogP contribution is 2.38. The minimum atomic E-state index is -0.490. The summed E-state index contributed by atoms with van der Waals surface area (Å²) < 4.78 is 11.3. The van der Waals surface area contributed by atoms with E-state index in [0.717, 1.165) is 11.8 Å². The molecule has 1 heterocycles. The Kier molecular flexibility index (Phi) is 6.15. The molecule has 0 aliphatic carbocycles. The predicted molar refractivity (Wildman–Crippen MR) is 95.5 cm³/mol. The van der Waals surface area contributed by atoms with Crippen molar-refractivity contribution in [2.24, 2.45) is 4.99 Å². The average molecular weight is 372 g/mol. The first-order chi connectivity index (χ1) is 10.9. The molecule has 1 aromatic rings. The van der Waals surface area contributed by atoms with Crippen LogP contribution >= 0.6 is 35.1 Å². The Bertz CT molecular complexity index is 716. The molecule has 1 aliphatic rings. The van der Waals surface area contributed by atoms with E-state index in [2.05, 4.69) is 4.99 Å². The second kappa shape index (κ2) is 7.90. The Morgan fingerprint density at radius 1 is 1.48 bits per heavy atom. The van der Waals surface area contributed by atoms with Gasteiger partial charge in [0.2, 0.25) is 5.12 Å². The van der Waals surface area contributed by atoms with Gasteiger partial charge in [-0.2, -0.15) is 0 Å². The third-order valence-corrected chi connectivity index (χ3v) is 4.79. The van der Waals surface area contributed by atoms with Gasteiger partial charge in [-0.25, -0.2) is 4.99 Å². The predicted octanol–water partition coefficient (Wildman–Crippen LogP) is 4.00. The number of rotatable bonds is 4. The monoisotopic (exact) mass is 371 g/mol. The van der Waals surface area contributed by atoms with Gasteiger partial charge in [0.15, 0.2) is 11.5 Å². The van der Waals surface area contributed by atoms with Crippen LogP contribution in [0.2, 0.25) is 5.02 Å². The van der Waals surface area contributed by atoms with Crippen molar-refractivity contribution >= 4 is 56.7 Å². The van der Waals surface area contributed by atoms with Gasteiger partial charge in [0, 0.05) is 6.92 Å². The summed E-state index contributed by atoms with van der Waals surface area (Å²) in [5.41, 5.74) is 0.988. The first kappa shape index (κ1) is 17.9. The minimum Gasteiger partial charge on any atom is -0.490 e. The van der Waals surface area contributed by atoms with Crippen LogP contribution in [0.5, 0.6) is 11.5 Å². The van der Waals surface area contributed by atoms with Gasteiger partial charge >= 0.3 is 5.97 Å². The highest BCUT2D eigenvalue weighted by molar-refractivity contribution is 8.45. The van der Waals surface area contributed by atoms with E-state index in [1.807, 2.05) is 13.2 Å². The summed E-state index contributed by atoms with van der Waals surface area (Å²) in [6, 6.07) is 3.26. The fraction of sp³-hybridized carbons (Fsp3) is 0.267. The van der Waals surface area contributed by atoms with Crippen LogP contribution in [-0.4, -0.2) is 28.3 Å². The maximum Gasteiger partial charge on any atom is 0.308 e. The highest BCUT2D eigenvalue weighted by atomic mass is 35.5. The van der Waals surface area contributed by atoms with Crippen LogP contribution < -0.4 is 9.47 Å². The molecular weight excluding hydrogens is 358 g/mol. The van der Waals surface area contributed by atoms with Gasteiger partial charge in [0.05, 0.1) is 11.6 Å². The molecule has 0 N–H and O–H groups in total. The Balaban J connectivity index is 2.43. The number of esters is 1. The Morgan fingerprint density at radius 3 is 2.78 bits per heavy atom. The number of hydrogen-bond donors (Lipinski definition) is 0. The number of thioether (sulfide) groups is 2. The quantitative estimate of drug-likeness (QED) is 0.453. The molecule has 122 valence electrons. The zero-order chi connectivity index (χ0) is 17.0. The van der Waals surface area contributed by atoms with E-state index < -0.39 is 5.97 Å². The second-order valence-corrected chi connectivity index (χ2v) is 6.78. The SMILES string of the molecule is CCOc1cc(C=C2N=C(SC)SC2=O)cc(Cl)c1OC(C)=O. The van der Waals surface area contributed by atoms with E-state index in [1.54, 1.807) is 18.2 Å². The fourth-order valence-electron chi connectivity index (χ4n) is 1.81. The van der Waals surface area contributed by atoms with Gasteiger partial charge in [0.25, 0.3) is 0 Å². The molecule has 23 heavy (non-hydrogen) atoms. The molecule has 1 aromatic carbocycles. The van der Waals surface area contributed by atoms with Crippen molar-refractivity contribution in [2.45, 2.75) is 13.8 Å². The van der Waals surface area contributed by atoms with E-state index in [-0.39, 0.29) is 15.9 Å². The van der Waals surface area contributed by atoms with Crippen molar-refractivity contribution in [3.63, 3.8) is 0 Å². The summed E-state index contributed by atoms with van der Waals surface area (Å²) in [7, 11) is 0. The molecule has 2 rings (SSSR count). The molecule has 0 fully saturated rings. The summed E-state index contributed by atoms with van der Waals surface area (Å²) in [5.74, 6) is 0.0216. The van der Waals surface area contributed by atoms with Crippen LogP contribution in [0.3, 0.4) is 0 Å². The van der Waals surface area contributed by atoms with Crippen LogP contribution in [0.15, 0.2) is 22.8 Å². The van der Waals surface area contributed by atoms with Crippen LogP contribution in [-0.2, 0) is 9.59 Å². The van der Waals surface area contributed by atoms with Gasteiger partial charge in [-0.1, -0.05) is 11.6 Å². The van der Waals surface area contributed by atoms with Crippen LogP contribution in [0.25, 0.3) is 6.08 Å². The molecule has 0 bridgehead atoms. The number of halogens is 1. The third-order valence-electron chi connectivity index (χ3n) is 2.66. The first-order valence-corrected chi connectivity index (χ1v) is 9.07. The zero-order valence-corrected chi connectivity index (χ0v) is 15.1. The molecule has 8 heteroatoms. The van der Waals surface area contributed by atoms with Gasteiger partial charge < -0.3 is 9.47 Å². The van der Waals surface area contributed by atoms with Crippen LogP contribution in [0.1, 0.15) is 19.4 Å². The number of ether oxygens (including phenoxy) is 2. The van der Waals surface area contributed by atoms with E-state index in [1.165, 1.54) is 18.7 Å². The smallest absolute Gasteiger partial charge is 0.308 e. The Hall–Kier alpha value is -1.44. The molecule has 0 radical (unpaired) electrons. The number of carbonyl (C=O) groups excluding carboxylic acids is 2. The molecule has 0 spiro atoms. The molecule has 5 nitrogen and oxygen atoms in total. The third kappa shape index (κ3) is 4.53. The summed E-state index contributed by atoms with van der Waals surface area (Å²) in [6.45, 7) is 3.48. The van der Waals surface area contributed by atoms with Crippen molar-refractivity contribution in [2.75, 3.05) is 12.9 Å². The molecular formula is C15H14ClNO4S2. The molecule has 0 unspecified atom stereocenters. The Morgan fingerprint density at radius 2 is 2.22 bits per heavy atom. The zero-order valence-electron chi connectivity index (χ0n) is 12.7. The highest BCUT2D eigenvalue weighted by Gasteiger charge is 2.22. The fourth-order valence-corrected chi connectivity index (χ4v) is 3.33. The summed E-state index contributed by atoms with van der Waals surface area (Å²) >= 11 is 8.69. The largest absolute Gasteiger partial charge is 0.490 e. The Labute approximate surface area is 147 Å². The van der Waals surface area contributed by atoms with Crippen molar-refractivity contribution in [1.82, 2.24) is 0 Å². The molecule has 0 saturated carbocycles. The lowest BCUT2D eigenvalue weighted by Gasteiger charge is -2.12. The summed E-state index contributed by atoms with van der Waals surface area (Å²) in [4.78, 5) is 27.3. The topological polar surface area (TPSA) is 65.0 Å². The molecule has 1 aliphatic heterocycles. The van der Waals surface area contributed by atoms with E-state index in [4.69, 9.17) is 21.1 Å². The van der Waals surface area contributed by atoms with Gasteiger partial charge in [-0.05, 0) is 48.7 Å². The maximum atomic E-state index is 11.9. The minimum absolute atomic E-state index is 0.118. The molecule has 0 atom stereocenters. The second-order valence-electron chi connectivity index (χ2n) is 4.36. The lowest BCUT2D eigenvalue weighted by Crippen LogP contribution is -2.05. The maximum absolute atomic E-state index is 11.9. The van der Waals surface area contributed by atoms with Crippen molar-refractivity contribution in [3.8, 4) is 11.5 Å². The van der Waals surface area contributed by atoms with E-state index in [9.17, 15) is 9.59 Å². The summed E-state index contributed by atoms with van der Waals surface area (Å²) in [5, 5.41) is 0.109. The van der Waals surface area contributed by atoms with Gasteiger partial charge in [0.1, 0.15) is 10.1 Å².